The van der Waals surface area contributed by atoms with Crippen LogP contribution in [0.3, 0.4) is 0 Å². The van der Waals surface area contributed by atoms with E-state index in [-0.39, 0.29) is 12.3 Å². The summed E-state index contributed by atoms with van der Waals surface area (Å²) in [4.78, 5) is 24.5. The number of rotatable bonds is 7. The van der Waals surface area contributed by atoms with Gasteiger partial charge in [0.2, 0.25) is 5.91 Å². The average Bonchev–Trinajstić information content (AvgIpc) is 2.37. The van der Waals surface area contributed by atoms with Crippen LogP contribution in [0.4, 0.5) is 0 Å². The van der Waals surface area contributed by atoms with Gasteiger partial charge in [-0.15, -0.1) is 0 Å². The Bertz CT molecular complexity index is 278. The van der Waals surface area contributed by atoms with Crippen molar-refractivity contribution in [1.82, 2.24) is 4.90 Å². The fraction of sp³-hybridized carbons (Fsp3) is 0.857. The Morgan fingerprint density at radius 3 is 2.72 bits per heavy atom. The Kier molecular flexibility index (Phi) is 6.76. The van der Waals surface area contributed by atoms with Gasteiger partial charge >= 0.3 is 5.97 Å². The maximum Gasteiger partial charge on any atom is 0.303 e. The van der Waals surface area contributed by atoms with Crippen molar-refractivity contribution in [2.75, 3.05) is 13.1 Å². The number of carboxylic acids is 1. The van der Waals surface area contributed by atoms with Gasteiger partial charge in [0.15, 0.2) is 0 Å². The zero-order chi connectivity index (χ0) is 13.4. The second-order valence-electron chi connectivity index (χ2n) is 5.24. The normalized spacial score (nSPS) is 19.8. The number of amides is 1. The highest BCUT2D eigenvalue weighted by Gasteiger charge is 2.23. The highest BCUT2D eigenvalue weighted by Crippen LogP contribution is 2.21. The van der Waals surface area contributed by atoms with Gasteiger partial charge in [-0.2, -0.15) is 0 Å². The molecule has 4 nitrogen and oxygen atoms in total. The molecule has 1 amide bonds. The van der Waals surface area contributed by atoms with Crippen molar-refractivity contribution in [3.05, 3.63) is 0 Å². The zero-order valence-electron chi connectivity index (χ0n) is 11.4. The number of likely N-dealkylation sites (tertiary alicyclic amines) is 1. The molecule has 1 unspecified atom stereocenters. The highest BCUT2D eigenvalue weighted by atomic mass is 16.4. The number of hydrogen-bond acceptors (Lipinski definition) is 2. The summed E-state index contributed by atoms with van der Waals surface area (Å²) in [6, 6.07) is 0. The first-order chi connectivity index (χ1) is 8.63. The molecule has 104 valence electrons. The van der Waals surface area contributed by atoms with Gasteiger partial charge in [-0.05, 0) is 31.6 Å². The summed E-state index contributed by atoms with van der Waals surface area (Å²) in [6.45, 7) is 3.75. The molecule has 18 heavy (non-hydrogen) atoms. The lowest BCUT2D eigenvalue weighted by molar-refractivity contribution is -0.137. The third kappa shape index (κ3) is 5.52. The van der Waals surface area contributed by atoms with E-state index in [4.69, 9.17) is 5.11 Å². The van der Waals surface area contributed by atoms with E-state index in [1.54, 1.807) is 0 Å². The number of unbranched alkanes of at least 4 members (excludes halogenated alkanes) is 2. The molecule has 1 fully saturated rings. The van der Waals surface area contributed by atoms with E-state index < -0.39 is 5.97 Å². The third-order valence-corrected chi connectivity index (χ3v) is 3.63. The molecule has 1 aliphatic rings. The van der Waals surface area contributed by atoms with Crippen LogP contribution in [0.5, 0.6) is 0 Å². The number of carboxylic acid groups (broad SMARTS) is 1. The predicted octanol–water partition coefficient (Wildman–Crippen LogP) is 2.67. The van der Waals surface area contributed by atoms with Gasteiger partial charge in [0.25, 0.3) is 0 Å². The number of aliphatic carboxylic acids is 1. The molecule has 0 spiro atoms. The van der Waals surface area contributed by atoms with E-state index >= 15 is 0 Å². The number of carbonyl (C=O) groups excluding carboxylic acids is 1. The molecule has 1 atom stereocenters. The van der Waals surface area contributed by atoms with Gasteiger partial charge in [0.1, 0.15) is 0 Å². The van der Waals surface area contributed by atoms with Gasteiger partial charge in [-0.25, -0.2) is 0 Å². The lowest BCUT2D eigenvalue weighted by Gasteiger charge is -2.32. The molecule has 1 N–H and O–H groups in total. The fourth-order valence-electron chi connectivity index (χ4n) is 2.54. The molecular formula is C14H25NO3. The van der Waals surface area contributed by atoms with E-state index in [1.807, 2.05) is 4.90 Å². The number of nitrogens with zero attached hydrogens (tertiary/aromatic N) is 1. The Hall–Kier alpha value is -1.06. The maximum absolute atomic E-state index is 12.0. The topological polar surface area (TPSA) is 57.6 Å². The number of hydrogen-bond donors (Lipinski definition) is 1. The predicted molar refractivity (Wildman–Crippen MR) is 70.3 cm³/mol. The van der Waals surface area contributed by atoms with Gasteiger partial charge < -0.3 is 10.0 Å². The van der Waals surface area contributed by atoms with Crippen LogP contribution in [-0.4, -0.2) is 35.0 Å². The monoisotopic (exact) mass is 255 g/mol. The standard InChI is InChI=1S/C14H25NO3/c1-2-3-4-7-13(16)15-10-5-6-12(11-15)8-9-14(17)18/h12H,2-11H2,1H3,(H,17,18). The van der Waals surface area contributed by atoms with Crippen LogP contribution in [0, 0.1) is 5.92 Å². The highest BCUT2D eigenvalue weighted by molar-refractivity contribution is 5.76. The summed E-state index contributed by atoms with van der Waals surface area (Å²) in [5, 5.41) is 8.68. The minimum absolute atomic E-state index is 0.225. The molecular weight excluding hydrogens is 230 g/mol. The van der Waals surface area contributed by atoms with Crippen LogP contribution < -0.4 is 0 Å². The molecule has 0 aliphatic carbocycles. The first-order valence-corrected chi connectivity index (χ1v) is 7.13. The minimum atomic E-state index is -0.735. The molecule has 1 aliphatic heterocycles. The smallest absolute Gasteiger partial charge is 0.303 e. The quantitative estimate of drug-likeness (QED) is 0.711. The van der Waals surface area contributed by atoms with Crippen LogP contribution in [0.15, 0.2) is 0 Å². The van der Waals surface area contributed by atoms with Crippen LogP contribution in [0.2, 0.25) is 0 Å². The summed E-state index contributed by atoms with van der Waals surface area (Å²) in [5.74, 6) is -0.102. The van der Waals surface area contributed by atoms with E-state index in [9.17, 15) is 9.59 Å². The van der Waals surface area contributed by atoms with Crippen molar-refractivity contribution < 1.29 is 14.7 Å². The molecule has 1 heterocycles. The van der Waals surface area contributed by atoms with Crippen molar-refractivity contribution in [1.29, 1.82) is 0 Å². The molecule has 1 saturated heterocycles. The van der Waals surface area contributed by atoms with Crippen molar-refractivity contribution in [2.24, 2.45) is 5.92 Å². The summed E-state index contributed by atoms with van der Waals surface area (Å²) >= 11 is 0. The first kappa shape index (κ1) is 15.0. The van der Waals surface area contributed by atoms with E-state index in [2.05, 4.69) is 6.92 Å². The minimum Gasteiger partial charge on any atom is -0.481 e. The molecule has 0 aromatic heterocycles. The lowest BCUT2D eigenvalue weighted by Crippen LogP contribution is -2.39. The number of piperidine rings is 1. The largest absolute Gasteiger partial charge is 0.481 e. The summed E-state index contributed by atoms with van der Waals surface area (Å²) in [5.41, 5.74) is 0. The van der Waals surface area contributed by atoms with Crippen LogP contribution in [0.1, 0.15) is 58.3 Å². The van der Waals surface area contributed by atoms with Crippen LogP contribution in [0.25, 0.3) is 0 Å². The SMILES string of the molecule is CCCCCC(=O)N1CCCC(CCC(=O)O)C1. The van der Waals surface area contributed by atoms with Crippen molar-refractivity contribution >= 4 is 11.9 Å². The van der Waals surface area contributed by atoms with Gasteiger partial charge in [0, 0.05) is 25.9 Å². The Morgan fingerprint density at radius 2 is 2.06 bits per heavy atom. The Balaban J connectivity index is 2.28. The summed E-state index contributed by atoms with van der Waals surface area (Å²) < 4.78 is 0. The molecule has 0 aromatic rings. The Labute approximate surface area is 109 Å². The maximum atomic E-state index is 12.0. The van der Waals surface area contributed by atoms with E-state index in [1.165, 1.54) is 0 Å². The molecule has 1 rings (SSSR count). The van der Waals surface area contributed by atoms with Crippen LogP contribution >= 0.6 is 0 Å². The number of carbonyl (C=O) groups is 2. The molecule has 0 aromatic carbocycles. The van der Waals surface area contributed by atoms with Gasteiger partial charge in [-0.1, -0.05) is 19.8 Å². The van der Waals surface area contributed by atoms with Crippen molar-refractivity contribution in [2.45, 2.75) is 58.3 Å². The molecule has 0 saturated carbocycles. The molecule has 0 radical (unpaired) electrons. The first-order valence-electron chi connectivity index (χ1n) is 7.13. The fourth-order valence-corrected chi connectivity index (χ4v) is 2.54. The van der Waals surface area contributed by atoms with Crippen LogP contribution in [-0.2, 0) is 9.59 Å². The third-order valence-electron chi connectivity index (χ3n) is 3.63. The lowest BCUT2D eigenvalue weighted by atomic mass is 9.93. The summed E-state index contributed by atoms with van der Waals surface area (Å²) in [7, 11) is 0. The summed E-state index contributed by atoms with van der Waals surface area (Å²) in [6.07, 6.45) is 6.88. The average molecular weight is 255 g/mol. The van der Waals surface area contributed by atoms with Gasteiger partial charge in [-0.3, -0.25) is 9.59 Å². The van der Waals surface area contributed by atoms with Gasteiger partial charge in [0.05, 0.1) is 0 Å². The second kappa shape index (κ2) is 8.11. The molecule has 4 heteroatoms. The van der Waals surface area contributed by atoms with Crippen molar-refractivity contribution in [3.63, 3.8) is 0 Å². The Morgan fingerprint density at radius 1 is 1.28 bits per heavy atom. The van der Waals surface area contributed by atoms with Crippen molar-refractivity contribution in [3.8, 4) is 0 Å². The zero-order valence-corrected chi connectivity index (χ0v) is 11.4. The second-order valence-corrected chi connectivity index (χ2v) is 5.24. The van der Waals surface area contributed by atoms with E-state index in [0.717, 1.165) is 45.2 Å². The molecule has 0 bridgehead atoms. The van der Waals surface area contributed by atoms with E-state index in [0.29, 0.717) is 18.8 Å².